The van der Waals surface area contributed by atoms with Crippen molar-refractivity contribution in [2.75, 3.05) is 17.6 Å². The first kappa shape index (κ1) is 13.3. The van der Waals surface area contributed by atoms with Crippen molar-refractivity contribution in [3.05, 3.63) is 36.3 Å². The van der Waals surface area contributed by atoms with Crippen LogP contribution in [0.25, 0.3) is 10.9 Å². The Bertz CT molecular complexity index is 748. The highest BCUT2D eigenvalue weighted by molar-refractivity contribution is 7.89. The minimum absolute atomic E-state index is 0.108. The Morgan fingerprint density at radius 2 is 2.25 bits per heavy atom. The van der Waals surface area contributed by atoms with E-state index in [9.17, 15) is 12.8 Å². The number of hydrogen-bond donors (Lipinski definition) is 2. The molecule has 2 N–H and O–H groups in total. The second-order valence-electron chi connectivity index (χ2n) is 4.82. The maximum atomic E-state index is 13.1. The van der Waals surface area contributed by atoms with Crippen molar-refractivity contribution in [3.8, 4) is 0 Å². The average molecular weight is 295 g/mol. The molecule has 1 unspecified atom stereocenters. The van der Waals surface area contributed by atoms with Crippen molar-refractivity contribution in [2.24, 2.45) is 0 Å². The minimum atomic E-state index is -3.10. The summed E-state index contributed by atoms with van der Waals surface area (Å²) in [6, 6.07) is 6.11. The summed E-state index contributed by atoms with van der Waals surface area (Å²) in [6.07, 6.45) is 2.19. The van der Waals surface area contributed by atoms with E-state index in [2.05, 4.69) is 15.0 Å². The molecule has 5 nitrogen and oxygen atoms in total. The lowest BCUT2D eigenvalue weighted by Gasteiger charge is -2.13. The lowest BCUT2D eigenvalue weighted by molar-refractivity contribution is 0.584. The minimum Gasteiger partial charge on any atom is -0.383 e. The Hall–Kier alpha value is -1.73. The largest absolute Gasteiger partial charge is 0.383 e. The predicted octanol–water partition coefficient (Wildman–Crippen LogP) is 1.48. The Labute approximate surface area is 116 Å². The van der Waals surface area contributed by atoms with Gasteiger partial charge in [0.1, 0.15) is 5.82 Å². The quantitative estimate of drug-likeness (QED) is 0.899. The molecule has 2 aromatic rings. The number of hydrogen-bond acceptors (Lipinski definition) is 4. The lowest BCUT2D eigenvalue weighted by atomic mass is 10.1. The fourth-order valence-electron chi connectivity index (χ4n) is 2.32. The lowest BCUT2D eigenvalue weighted by Crippen LogP contribution is -2.31. The standard InChI is InChI=1S/C13H14FN3O2S/c14-9-1-2-11-12(3-5-15-13(11)7-9)16-8-10-4-6-20(18,19)17-10/h1-3,5,7,10,17H,4,6,8H2,(H,15,16). The number of anilines is 1. The third kappa shape index (κ3) is 2.73. The van der Waals surface area contributed by atoms with Crippen molar-refractivity contribution in [1.82, 2.24) is 9.71 Å². The predicted molar refractivity (Wildman–Crippen MR) is 75.5 cm³/mol. The molecule has 1 aromatic carbocycles. The molecular formula is C13H14FN3O2S. The van der Waals surface area contributed by atoms with Crippen LogP contribution in [0.3, 0.4) is 0 Å². The summed E-state index contributed by atoms with van der Waals surface area (Å²) in [5, 5.41) is 4.01. The van der Waals surface area contributed by atoms with Gasteiger partial charge in [0.2, 0.25) is 10.0 Å². The van der Waals surface area contributed by atoms with Crippen molar-refractivity contribution in [2.45, 2.75) is 12.5 Å². The van der Waals surface area contributed by atoms with Gasteiger partial charge in [-0.05, 0) is 24.6 Å². The van der Waals surface area contributed by atoms with Gasteiger partial charge in [0.25, 0.3) is 0 Å². The van der Waals surface area contributed by atoms with E-state index < -0.39 is 10.0 Å². The van der Waals surface area contributed by atoms with Crippen molar-refractivity contribution < 1.29 is 12.8 Å². The zero-order chi connectivity index (χ0) is 14.2. The maximum Gasteiger partial charge on any atom is 0.211 e. The van der Waals surface area contributed by atoms with Crippen LogP contribution in [-0.4, -0.2) is 31.7 Å². The van der Waals surface area contributed by atoms with E-state index in [1.54, 1.807) is 18.3 Å². The number of aromatic nitrogens is 1. The van der Waals surface area contributed by atoms with Crippen molar-refractivity contribution in [1.29, 1.82) is 0 Å². The van der Waals surface area contributed by atoms with E-state index in [0.717, 1.165) is 11.1 Å². The molecule has 1 saturated heterocycles. The number of rotatable bonds is 3. The molecule has 1 aromatic heterocycles. The second kappa shape index (κ2) is 4.99. The molecule has 0 spiro atoms. The number of halogens is 1. The summed E-state index contributed by atoms with van der Waals surface area (Å²) in [5.41, 5.74) is 1.39. The molecule has 0 radical (unpaired) electrons. The molecular weight excluding hydrogens is 281 g/mol. The SMILES string of the molecule is O=S1(=O)CCC(CNc2ccnc3cc(F)ccc23)N1. The molecule has 3 rings (SSSR count). The van der Waals surface area contributed by atoms with Crippen LogP contribution >= 0.6 is 0 Å². The van der Waals surface area contributed by atoms with Crippen LogP contribution in [0, 0.1) is 5.82 Å². The average Bonchev–Trinajstić information content (AvgIpc) is 2.75. The van der Waals surface area contributed by atoms with Gasteiger partial charge in [0, 0.05) is 35.9 Å². The van der Waals surface area contributed by atoms with E-state index in [0.29, 0.717) is 18.5 Å². The first-order valence-corrected chi connectivity index (χ1v) is 7.97. The summed E-state index contributed by atoms with van der Waals surface area (Å²) < 4.78 is 38.4. The number of nitrogens with one attached hydrogen (secondary N) is 2. The van der Waals surface area contributed by atoms with Gasteiger partial charge in [-0.3, -0.25) is 4.98 Å². The smallest absolute Gasteiger partial charge is 0.211 e. The fourth-order valence-corrected chi connectivity index (χ4v) is 3.74. The Morgan fingerprint density at radius 3 is 3.00 bits per heavy atom. The molecule has 1 atom stereocenters. The second-order valence-corrected chi connectivity index (χ2v) is 6.70. The third-order valence-corrected chi connectivity index (χ3v) is 4.79. The molecule has 7 heteroatoms. The maximum absolute atomic E-state index is 13.1. The monoisotopic (exact) mass is 295 g/mol. The van der Waals surface area contributed by atoms with Crippen LogP contribution in [0.1, 0.15) is 6.42 Å². The summed E-state index contributed by atoms with van der Waals surface area (Å²) in [6.45, 7) is 0.496. The van der Waals surface area contributed by atoms with Gasteiger partial charge < -0.3 is 5.32 Å². The molecule has 20 heavy (non-hydrogen) atoms. The Balaban J connectivity index is 1.78. The molecule has 0 saturated carbocycles. The van der Waals surface area contributed by atoms with E-state index in [1.165, 1.54) is 12.1 Å². The summed E-state index contributed by atoms with van der Waals surface area (Å²) in [5.74, 6) is -0.160. The zero-order valence-electron chi connectivity index (χ0n) is 10.6. The first-order valence-electron chi connectivity index (χ1n) is 6.32. The van der Waals surface area contributed by atoms with Crippen LogP contribution in [0.5, 0.6) is 0 Å². The van der Waals surface area contributed by atoms with E-state index in [1.807, 2.05) is 0 Å². The highest BCUT2D eigenvalue weighted by Gasteiger charge is 2.26. The molecule has 1 aliphatic rings. The first-order chi connectivity index (χ1) is 9.53. The summed E-state index contributed by atoms with van der Waals surface area (Å²) in [4.78, 5) is 4.11. The van der Waals surface area contributed by atoms with E-state index in [-0.39, 0.29) is 17.6 Å². The normalized spacial score (nSPS) is 21.1. The van der Waals surface area contributed by atoms with Crippen molar-refractivity contribution >= 4 is 26.6 Å². The summed E-state index contributed by atoms with van der Waals surface area (Å²) >= 11 is 0. The van der Waals surface area contributed by atoms with Crippen LogP contribution in [0.2, 0.25) is 0 Å². The van der Waals surface area contributed by atoms with E-state index >= 15 is 0 Å². The number of pyridine rings is 1. The van der Waals surface area contributed by atoms with Gasteiger partial charge in [-0.25, -0.2) is 17.5 Å². The number of fused-ring (bicyclic) bond motifs is 1. The van der Waals surface area contributed by atoms with Gasteiger partial charge in [-0.2, -0.15) is 0 Å². The number of benzene rings is 1. The van der Waals surface area contributed by atoms with Gasteiger partial charge >= 0.3 is 0 Å². The van der Waals surface area contributed by atoms with Gasteiger partial charge in [-0.15, -0.1) is 0 Å². The number of sulfonamides is 1. The Morgan fingerprint density at radius 1 is 1.40 bits per heavy atom. The highest BCUT2D eigenvalue weighted by atomic mass is 32.2. The van der Waals surface area contributed by atoms with Gasteiger partial charge in [-0.1, -0.05) is 0 Å². The summed E-state index contributed by atoms with van der Waals surface area (Å²) in [7, 11) is -3.10. The highest BCUT2D eigenvalue weighted by Crippen LogP contribution is 2.22. The molecule has 106 valence electrons. The molecule has 0 amide bonds. The fraction of sp³-hybridized carbons (Fsp3) is 0.308. The molecule has 1 aliphatic heterocycles. The third-order valence-electron chi connectivity index (χ3n) is 3.32. The van der Waals surface area contributed by atoms with Gasteiger partial charge in [0.05, 0.1) is 11.3 Å². The van der Waals surface area contributed by atoms with Crippen LogP contribution in [0.15, 0.2) is 30.5 Å². The topological polar surface area (TPSA) is 71.1 Å². The zero-order valence-corrected chi connectivity index (χ0v) is 11.5. The molecule has 0 bridgehead atoms. The van der Waals surface area contributed by atoms with Crippen LogP contribution in [0.4, 0.5) is 10.1 Å². The van der Waals surface area contributed by atoms with E-state index in [4.69, 9.17) is 0 Å². The Kier molecular flexibility index (Phi) is 3.31. The molecule has 1 fully saturated rings. The number of nitrogens with zero attached hydrogens (tertiary/aromatic N) is 1. The van der Waals surface area contributed by atoms with Crippen molar-refractivity contribution in [3.63, 3.8) is 0 Å². The van der Waals surface area contributed by atoms with Crippen LogP contribution < -0.4 is 10.0 Å². The van der Waals surface area contributed by atoms with Crippen LogP contribution in [-0.2, 0) is 10.0 Å². The molecule has 0 aliphatic carbocycles. The molecule has 2 heterocycles. The van der Waals surface area contributed by atoms with Gasteiger partial charge in [0.15, 0.2) is 0 Å².